The monoisotopic (exact) mass is 399 g/mol. The van der Waals surface area contributed by atoms with Gasteiger partial charge in [-0.05, 0) is 48.6 Å². The topological polar surface area (TPSA) is 60.6 Å². The number of methoxy groups -OCH3 is 2. The van der Waals surface area contributed by atoms with E-state index in [9.17, 15) is 9.18 Å². The van der Waals surface area contributed by atoms with Crippen LogP contribution in [0.3, 0.4) is 0 Å². The van der Waals surface area contributed by atoms with Crippen molar-refractivity contribution in [1.29, 1.82) is 0 Å². The molecule has 0 saturated carbocycles. The molecule has 0 amide bonds. The lowest BCUT2D eigenvalue weighted by Crippen LogP contribution is -2.33. The van der Waals surface area contributed by atoms with Gasteiger partial charge in [-0.3, -0.25) is 4.79 Å². The molecule has 0 aliphatic rings. The zero-order valence-electron chi connectivity index (χ0n) is 17.1. The van der Waals surface area contributed by atoms with Crippen LogP contribution in [0, 0.1) is 5.82 Å². The minimum absolute atomic E-state index is 0.230. The summed E-state index contributed by atoms with van der Waals surface area (Å²) in [6.45, 7) is 4.00. The number of fused-ring (bicyclic) bond motifs is 1. The molecule has 2 unspecified atom stereocenters. The summed E-state index contributed by atoms with van der Waals surface area (Å²) in [5.41, 5.74) is 0.846. The van der Waals surface area contributed by atoms with Crippen molar-refractivity contribution in [2.75, 3.05) is 20.8 Å². The molecule has 5 nitrogen and oxygen atoms in total. The molecule has 0 radical (unpaired) electrons. The van der Waals surface area contributed by atoms with Gasteiger partial charge in [-0.1, -0.05) is 25.1 Å². The molecular weight excluding hydrogens is 373 g/mol. The van der Waals surface area contributed by atoms with Gasteiger partial charge in [-0.25, -0.2) is 4.39 Å². The average Bonchev–Trinajstić information content (AvgIpc) is 2.71. The molecular formula is C23H26FNO4. The number of H-pyrrole nitrogens is 1. The number of ether oxygens (including phenoxy) is 3. The van der Waals surface area contributed by atoms with E-state index in [1.807, 2.05) is 31.2 Å². The van der Waals surface area contributed by atoms with Crippen molar-refractivity contribution in [2.45, 2.75) is 32.0 Å². The van der Waals surface area contributed by atoms with E-state index in [0.717, 1.165) is 10.9 Å². The Bertz CT molecular complexity index is 1040. The highest BCUT2D eigenvalue weighted by Gasteiger charge is 2.31. The Balaban J connectivity index is 1.95. The first-order chi connectivity index (χ1) is 13.9. The van der Waals surface area contributed by atoms with Crippen LogP contribution in [-0.4, -0.2) is 25.8 Å². The second-order valence-corrected chi connectivity index (χ2v) is 7.06. The van der Waals surface area contributed by atoms with Crippen LogP contribution in [-0.2, 0) is 15.1 Å². The molecule has 3 aromatic rings. The van der Waals surface area contributed by atoms with Gasteiger partial charge in [0.15, 0.2) is 0 Å². The fourth-order valence-corrected chi connectivity index (χ4v) is 3.57. The summed E-state index contributed by atoms with van der Waals surface area (Å²) < 4.78 is 31.3. The highest BCUT2D eigenvalue weighted by molar-refractivity contribution is 5.78. The van der Waals surface area contributed by atoms with Crippen molar-refractivity contribution in [3.8, 4) is 5.75 Å². The second kappa shape index (κ2) is 8.76. The fourth-order valence-electron chi connectivity index (χ4n) is 3.57. The molecule has 6 heteroatoms. The maximum atomic E-state index is 14.4. The largest absolute Gasteiger partial charge is 0.486 e. The molecule has 0 fully saturated rings. The summed E-state index contributed by atoms with van der Waals surface area (Å²) in [5.74, 6) is -0.117. The SMILES string of the molecule is CCC(COC)(OC)c1cc(F)cc(OC(C)c2cc3ccccc3[nH]c2=O)c1. The average molecular weight is 399 g/mol. The lowest BCUT2D eigenvalue weighted by molar-refractivity contribution is -0.0722. The molecule has 0 saturated heterocycles. The number of rotatable bonds is 8. The molecule has 0 aliphatic carbocycles. The molecule has 2 aromatic carbocycles. The molecule has 2 atom stereocenters. The van der Waals surface area contributed by atoms with E-state index in [2.05, 4.69) is 4.98 Å². The van der Waals surface area contributed by atoms with E-state index in [1.165, 1.54) is 12.1 Å². The van der Waals surface area contributed by atoms with Gasteiger partial charge in [0, 0.05) is 25.8 Å². The zero-order valence-corrected chi connectivity index (χ0v) is 17.1. The van der Waals surface area contributed by atoms with Crippen LogP contribution in [0.15, 0.2) is 53.3 Å². The molecule has 0 spiro atoms. The Morgan fingerprint density at radius 3 is 2.59 bits per heavy atom. The Morgan fingerprint density at radius 1 is 1.14 bits per heavy atom. The summed E-state index contributed by atoms with van der Waals surface area (Å²) in [5, 5.41) is 0.905. The third-order valence-electron chi connectivity index (χ3n) is 5.27. The Hall–Kier alpha value is -2.70. The standard InChI is InChI=1S/C23H26FNO4/c1-5-23(28-4,14-27-3)17-11-18(24)13-19(12-17)29-15(2)20-10-16-8-6-7-9-21(16)25-22(20)26/h6-13,15H,5,14H2,1-4H3,(H,25,26). The predicted molar refractivity (Wildman–Crippen MR) is 111 cm³/mol. The van der Waals surface area contributed by atoms with Gasteiger partial charge >= 0.3 is 0 Å². The first kappa shape index (κ1) is 21.0. The maximum absolute atomic E-state index is 14.4. The Labute approximate surface area is 169 Å². The molecule has 0 aliphatic heterocycles. The number of benzene rings is 2. The van der Waals surface area contributed by atoms with Crippen LogP contribution in [0.2, 0.25) is 0 Å². The zero-order chi connectivity index (χ0) is 21.0. The third-order valence-corrected chi connectivity index (χ3v) is 5.27. The molecule has 0 bridgehead atoms. The quantitative estimate of drug-likeness (QED) is 0.596. The molecule has 3 rings (SSSR count). The molecule has 1 aromatic heterocycles. The normalized spacial score (nSPS) is 14.5. The van der Waals surface area contributed by atoms with Crippen molar-refractivity contribution < 1.29 is 18.6 Å². The maximum Gasteiger partial charge on any atom is 0.255 e. The van der Waals surface area contributed by atoms with Crippen LogP contribution >= 0.6 is 0 Å². The first-order valence-corrected chi connectivity index (χ1v) is 9.56. The summed E-state index contributed by atoms with van der Waals surface area (Å²) >= 11 is 0. The predicted octanol–water partition coefficient (Wildman–Crippen LogP) is 4.71. The fraction of sp³-hybridized carbons (Fsp3) is 0.348. The van der Waals surface area contributed by atoms with Crippen LogP contribution in [0.25, 0.3) is 10.9 Å². The summed E-state index contributed by atoms with van der Waals surface area (Å²) in [7, 11) is 3.15. The van der Waals surface area contributed by atoms with Gasteiger partial charge in [-0.2, -0.15) is 0 Å². The number of nitrogens with one attached hydrogen (secondary N) is 1. The van der Waals surface area contributed by atoms with Crippen LogP contribution in [0.5, 0.6) is 5.75 Å². The van der Waals surface area contributed by atoms with Crippen molar-refractivity contribution in [1.82, 2.24) is 4.98 Å². The van der Waals surface area contributed by atoms with E-state index >= 15 is 0 Å². The molecule has 1 heterocycles. The number of hydrogen-bond donors (Lipinski definition) is 1. The smallest absolute Gasteiger partial charge is 0.255 e. The van der Waals surface area contributed by atoms with E-state index < -0.39 is 17.5 Å². The lowest BCUT2D eigenvalue weighted by atomic mass is 9.91. The van der Waals surface area contributed by atoms with E-state index in [1.54, 1.807) is 33.3 Å². The Kier molecular flexibility index (Phi) is 6.35. The van der Waals surface area contributed by atoms with Crippen LogP contribution in [0.1, 0.15) is 37.5 Å². The van der Waals surface area contributed by atoms with Crippen molar-refractivity contribution >= 4 is 10.9 Å². The van der Waals surface area contributed by atoms with Gasteiger partial charge in [0.2, 0.25) is 0 Å². The summed E-state index contributed by atoms with van der Waals surface area (Å²) in [4.78, 5) is 15.4. The van der Waals surface area contributed by atoms with Crippen LogP contribution in [0.4, 0.5) is 4.39 Å². The van der Waals surface area contributed by atoms with Gasteiger partial charge < -0.3 is 19.2 Å². The van der Waals surface area contributed by atoms with Gasteiger partial charge in [0.05, 0.1) is 12.2 Å². The lowest BCUT2D eigenvalue weighted by Gasteiger charge is -2.31. The van der Waals surface area contributed by atoms with E-state index in [-0.39, 0.29) is 12.2 Å². The molecule has 29 heavy (non-hydrogen) atoms. The second-order valence-electron chi connectivity index (χ2n) is 7.06. The van der Waals surface area contributed by atoms with Crippen molar-refractivity contribution in [3.63, 3.8) is 0 Å². The van der Waals surface area contributed by atoms with Gasteiger partial charge in [0.25, 0.3) is 5.56 Å². The first-order valence-electron chi connectivity index (χ1n) is 9.56. The van der Waals surface area contributed by atoms with Crippen molar-refractivity contribution in [3.05, 3.63) is 75.8 Å². The summed E-state index contributed by atoms with van der Waals surface area (Å²) in [6, 6.07) is 13.8. The number of para-hydroxylation sites is 1. The number of pyridine rings is 1. The Morgan fingerprint density at radius 2 is 1.90 bits per heavy atom. The minimum Gasteiger partial charge on any atom is -0.486 e. The number of halogens is 1. The van der Waals surface area contributed by atoms with Crippen LogP contribution < -0.4 is 10.3 Å². The molecule has 1 N–H and O–H groups in total. The van der Waals surface area contributed by atoms with Crippen molar-refractivity contribution in [2.24, 2.45) is 0 Å². The highest BCUT2D eigenvalue weighted by atomic mass is 19.1. The van der Waals surface area contributed by atoms with Gasteiger partial charge in [0.1, 0.15) is 23.3 Å². The number of aromatic amines is 1. The van der Waals surface area contributed by atoms with E-state index in [0.29, 0.717) is 23.3 Å². The highest BCUT2D eigenvalue weighted by Crippen LogP contribution is 2.33. The third kappa shape index (κ3) is 4.33. The number of hydrogen-bond acceptors (Lipinski definition) is 4. The number of aromatic nitrogens is 1. The van der Waals surface area contributed by atoms with E-state index in [4.69, 9.17) is 14.2 Å². The molecule has 154 valence electrons. The summed E-state index contributed by atoms with van der Waals surface area (Å²) in [6.07, 6.45) is 0.0270. The van der Waals surface area contributed by atoms with Gasteiger partial charge in [-0.15, -0.1) is 0 Å². The minimum atomic E-state index is -0.779.